The van der Waals surface area contributed by atoms with Crippen LogP contribution in [0.15, 0.2) is 158 Å². The third-order valence-corrected chi connectivity index (χ3v) is 8.01. The number of para-hydroxylation sites is 3. The first-order valence-corrected chi connectivity index (χ1v) is 14.0. The lowest BCUT2D eigenvalue weighted by Gasteiger charge is -2.20. The second-order valence-corrected chi connectivity index (χ2v) is 10.3. The summed E-state index contributed by atoms with van der Waals surface area (Å²) in [6, 6.07) is 56.0. The van der Waals surface area contributed by atoms with Gasteiger partial charge in [-0.25, -0.2) is 4.98 Å². The van der Waals surface area contributed by atoms with Crippen LogP contribution < -0.4 is 0 Å². The van der Waals surface area contributed by atoms with Gasteiger partial charge in [0.15, 0.2) is 0 Å². The molecule has 192 valence electrons. The van der Waals surface area contributed by atoms with Gasteiger partial charge in [0.1, 0.15) is 5.82 Å². The van der Waals surface area contributed by atoms with E-state index in [4.69, 9.17) is 4.98 Å². The van der Waals surface area contributed by atoms with Crippen LogP contribution in [0.2, 0.25) is 0 Å². The lowest BCUT2D eigenvalue weighted by molar-refractivity contribution is 1.11. The van der Waals surface area contributed by atoms with E-state index in [-0.39, 0.29) is 0 Å². The van der Waals surface area contributed by atoms with Gasteiger partial charge in [0.25, 0.3) is 0 Å². The fraction of sp³-hybridized carbons (Fsp3) is 0. The third-order valence-electron chi connectivity index (χ3n) is 8.01. The maximum atomic E-state index is 5.29. The SMILES string of the molecule is c1ccc(-c2ccccc2-c2c3ccccc3c(-c3nc4ccccc4n3-c3ccccc3)c3ccccc23)cc1. The minimum Gasteiger partial charge on any atom is -0.292 e. The molecule has 2 nitrogen and oxygen atoms in total. The number of rotatable bonds is 4. The van der Waals surface area contributed by atoms with Gasteiger partial charge in [-0.3, -0.25) is 4.57 Å². The molecular formula is C39H26N2. The van der Waals surface area contributed by atoms with Crippen LogP contribution >= 0.6 is 0 Å². The fourth-order valence-corrected chi connectivity index (χ4v) is 6.26. The first-order valence-electron chi connectivity index (χ1n) is 14.0. The van der Waals surface area contributed by atoms with Crippen molar-refractivity contribution >= 4 is 32.6 Å². The number of hydrogen-bond donors (Lipinski definition) is 0. The Morgan fingerprint density at radius 2 is 0.878 bits per heavy atom. The van der Waals surface area contributed by atoms with E-state index in [1.165, 1.54) is 43.8 Å². The van der Waals surface area contributed by atoms with Crippen molar-refractivity contribution in [2.75, 3.05) is 0 Å². The molecule has 0 saturated carbocycles. The summed E-state index contributed by atoms with van der Waals surface area (Å²) in [6.45, 7) is 0. The van der Waals surface area contributed by atoms with E-state index in [1.54, 1.807) is 0 Å². The number of fused-ring (bicyclic) bond motifs is 3. The van der Waals surface area contributed by atoms with Crippen molar-refractivity contribution in [1.29, 1.82) is 0 Å². The van der Waals surface area contributed by atoms with E-state index in [0.29, 0.717) is 0 Å². The van der Waals surface area contributed by atoms with Crippen molar-refractivity contribution in [3.63, 3.8) is 0 Å². The molecule has 0 aliphatic rings. The lowest BCUT2D eigenvalue weighted by atomic mass is 9.85. The third kappa shape index (κ3) is 3.76. The Labute approximate surface area is 238 Å². The van der Waals surface area contributed by atoms with Gasteiger partial charge in [-0.05, 0) is 68.1 Å². The van der Waals surface area contributed by atoms with Crippen molar-refractivity contribution in [2.24, 2.45) is 0 Å². The van der Waals surface area contributed by atoms with Gasteiger partial charge in [-0.15, -0.1) is 0 Å². The molecule has 0 N–H and O–H groups in total. The fourth-order valence-electron chi connectivity index (χ4n) is 6.26. The summed E-state index contributed by atoms with van der Waals surface area (Å²) >= 11 is 0. The Morgan fingerprint density at radius 3 is 1.54 bits per heavy atom. The van der Waals surface area contributed by atoms with Gasteiger partial charge < -0.3 is 0 Å². The predicted octanol–water partition coefficient (Wildman–Crippen LogP) is 10.3. The monoisotopic (exact) mass is 522 g/mol. The second-order valence-electron chi connectivity index (χ2n) is 10.3. The molecule has 0 amide bonds. The smallest absolute Gasteiger partial charge is 0.146 e. The Balaban J connectivity index is 1.53. The van der Waals surface area contributed by atoms with Crippen LogP contribution in [-0.4, -0.2) is 9.55 Å². The topological polar surface area (TPSA) is 17.8 Å². The average molecular weight is 523 g/mol. The first-order chi connectivity index (χ1) is 20.4. The number of imidazole rings is 1. The maximum Gasteiger partial charge on any atom is 0.146 e. The van der Waals surface area contributed by atoms with Crippen molar-refractivity contribution in [1.82, 2.24) is 9.55 Å². The minimum absolute atomic E-state index is 0.952. The molecular weight excluding hydrogens is 496 g/mol. The van der Waals surface area contributed by atoms with Gasteiger partial charge in [-0.1, -0.05) is 133 Å². The second kappa shape index (κ2) is 9.62. The molecule has 0 saturated heterocycles. The first kappa shape index (κ1) is 23.4. The highest BCUT2D eigenvalue weighted by molar-refractivity contribution is 6.22. The molecule has 0 bridgehead atoms. The van der Waals surface area contributed by atoms with Crippen molar-refractivity contribution in [2.45, 2.75) is 0 Å². The van der Waals surface area contributed by atoms with E-state index >= 15 is 0 Å². The maximum absolute atomic E-state index is 5.29. The molecule has 0 aliphatic carbocycles. The number of benzene rings is 7. The summed E-state index contributed by atoms with van der Waals surface area (Å²) in [7, 11) is 0. The van der Waals surface area contributed by atoms with Crippen molar-refractivity contribution in [3.8, 4) is 39.3 Å². The molecule has 0 radical (unpaired) electrons. The van der Waals surface area contributed by atoms with Crippen LogP contribution in [-0.2, 0) is 0 Å². The highest BCUT2D eigenvalue weighted by atomic mass is 15.1. The van der Waals surface area contributed by atoms with Gasteiger partial charge in [0.05, 0.1) is 11.0 Å². The molecule has 0 spiro atoms. The summed E-state index contributed by atoms with van der Waals surface area (Å²) in [5.41, 5.74) is 9.26. The van der Waals surface area contributed by atoms with Gasteiger partial charge in [0.2, 0.25) is 0 Å². The zero-order valence-electron chi connectivity index (χ0n) is 22.4. The summed E-state index contributed by atoms with van der Waals surface area (Å²) in [6.07, 6.45) is 0. The van der Waals surface area contributed by atoms with Crippen LogP contribution in [0, 0.1) is 0 Å². The summed E-state index contributed by atoms with van der Waals surface area (Å²) in [4.78, 5) is 5.29. The molecule has 1 heterocycles. The minimum atomic E-state index is 0.952. The molecule has 8 aromatic rings. The molecule has 0 fully saturated rings. The summed E-state index contributed by atoms with van der Waals surface area (Å²) in [5, 5.41) is 4.82. The zero-order valence-corrected chi connectivity index (χ0v) is 22.4. The number of nitrogens with zero attached hydrogens (tertiary/aromatic N) is 2. The zero-order chi connectivity index (χ0) is 27.2. The van der Waals surface area contributed by atoms with Crippen LogP contribution in [0.25, 0.3) is 71.9 Å². The lowest BCUT2D eigenvalue weighted by Crippen LogP contribution is -1.99. The Kier molecular flexibility index (Phi) is 5.49. The van der Waals surface area contributed by atoms with E-state index < -0.39 is 0 Å². The van der Waals surface area contributed by atoms with Crippen LogP contribution in [0.1, 0.15) is 0 Å². The predicted molar refractivity (Wildman–Crippen MR) is 172 cm³/mol. The molecule has 7 aromatic carbocycles. The summed E-state index contributed by atoms with van der Waals surface area (Å²) in [5.74, 6) is 0.952. The number of aromatic nitrogens is 2. The standard InChI is InChI=1S/C39H26N2/c1-3-15-27(16-4-1)29-19-7-8-20-30(29)37-31-21-9-11-23-33(31)38(34-24-12-10-22-32(34)37)39-40-35-25-13-14-26-36(35)41(39)28-17-5-2-6-18-28/h1-26H. The van der Waals surface area contributed by atoms with Crippen LogP contribution in [0.4, 0.5) is 0 Å². The highest BCUT2D eigenvalue weighted by Gasteiger charge is 2.22. The Bertz CT molecular complexity index is 2130. The van der Waals surface area contributed by atoms with Crippen LogP contribution in [0.3, 0.4) is 0 Å². The summed E-state index contributed by atoms with van der Waals surface area (Å²) < 4.78 is 2.31. The normalized spacial score (nSPS) is 11.4. The molecule has 0 unspecified atom stereocenters. The van der Waals surface area contributed by atoms with E-state index in [9.17, 15) is 0 Å². The Hall–Kier alpha value is -5.47. The van der Waals surface area contributed by atoms with Gasteiger partial charge >= 0.3 is 0 Å². The van der Waals surface area contributed by atoms with Crippen molar-refractivity contribution < 1.29 is 0 Å². The van der Waals surface area contributed by atoms with Crippen molar-refractivity contribution in [3.05, 3.63) is 158 Å². The van der Waals surface area contributed by atoms with Crippen LogP contribution in [0.5, 0.6) is 0 Å². The quantitative estimate of drug-likeness (QED) is 0.210. The molecule has 0 aliphatic heterocycles. The molecule has 2 heteroatoms. The molecule has 1 aromatic heterocycles. The Morgan fingerprint density at radius 1 is 0.390 bits per heavy atom. The van der Waals surface area contributed by atoms with Gasteiger partial charge in [-0.2, -0.15) is 0 Å². The molecule has 0 atom stereocenters. The average Bonchev–Trinajstić information content (AvgIpc) is 3.43. The van der Waals surface area contributed by atoms with E-state index in [0.717, 1.165) is 28.1 Å². The van der Waals surface area contributed by atoms with E-state index in [1.807, 2.05) is 0 Å². The number of hydrogen-bond acceptors (Lipinski definition) is 1. The molecule has 8 rings (SSSR count). The molecule has 41 heavy (non-hydrogen) atoms. The largest absolute Gasteiger partial charge is 0.292 e. The van der Waals surface area contributed by atoms with Gasteiger partial charge in [0, 0.05) is 11.3 Å². The highest BCUT2D eigenvalue weighted by Crippen LogP contribution is 2.46. The van der Waals surface area contributed by atoms with E-state index in [2.05, 4.69) is 162 Å².